The molecule has 1 N–H and O–H groups in total. The van der Waals surface area contributed by atoms with Crippen molar-refractivity contribution in [3.05, 3.63) is 87.4 Å². The van der Waals surface area contributed by atoms with E-state index in [2.05, 4.69) is 5.32 Å². The number of rotatable bonds is 9. The molecule has 0 spiro atoms. The van der Waals surface area contributed by atoms with Gasteiger partial charge in [0.25, 0.3) is 0 Å². The van der Waals surface area contributed by atoms with Crippen LogP contribution in [0.3, 0.4) is 0 Å². The SMILES string of the molecule is COc1ccccc1CNCc1ccc(OCc2ccc(Cl)cc2Cl)c(OC)c1.Cl. The molecule has 0 saturated heterocycles. The molecule has 0 fully saturated rings. The molecule has 4 nitrogen and oxygen atoms in total. The molecule has 30 heavy (non-hydrogen) atoms. The van der Waals surface area contributed by atoms with Crippen LogP contribution in [0.25, 0.3) is 0 Å². The lowest BCUT2D eigenvalue weighted by Crippen LogP contribution is -2.13. The second-order valence-corrected chi connectivity index (χ2v) is 7.27. The van der Waals surface area contributed by atoms with Gasteiger partial charge in [0.2, 0.25) is 0 Å². The van der Waals surface area contributed by atoms with Crippen molar-refractivity contribution in [2.45, 2.75) is 19.7 Å². The van der Waals surface area contributed by atoms with Gasteiger partial charge in [0.15, 0.2) is 11.5 Å². The molecule has 0 aliphatic rings. The zero-order valence-electron chi connectivity index (χ0n) is 16.8. The quantitative estimate of drug-likeness (QED) is 0.400. The van der Waals surface area contributed by atoms with Gasteiger partial charge < -0.3 is 19.5 Å². The predicted molar refractivity (Wildman–Crippen MR) is 125 cm³/mol. The van der Waals surface area contributed by atoms with Gasteiger partial charge in [-0.2, -0.15) is 0 Å². The van der Waals surface area contributed by atoms with E-state index in [1.165, 1.54) is 0 Å². The minimum atomic E-state index is 0. The standard InChI is InChI=1S/C23H23Cl2NO3.ClH/c1-27-21-6-4-3-5-17(21)14-26-13-16-7-10-22(23(11-16)28-2)29-15-18-8-9-19(24)12-20(18)25;/h3-12,26H,13-15H2,1-2H3;1H. The number of halogens is 3. The highest BCUT2D eigenvalue weighted by atomic mass is 35.5. The average molecular weight is 469 g/mol. The number of para-hydroxylation sites is 1. The smallest absolute Gasteiger partial charge is 0.161 e. The van der Waals surface area contributed by atoms with Crippen LogP contribution in [-0.4, -0.2) is 14.2 Å². The summed E-state index contributed by atoms with van der Waals surface area (Å²) in [5.74, 6) is 2.21. The van der Waals surface area contributed by atoms with E-state index in [9.17, 15) is 0 Å². The third-order valence-electron chi connectivity index (χ3n) is 4.46. The Balaban J connectivity index is 0.00000320. The van der Waals surface area contributed by atoms with Crippen LogP contribution in [0.2, 0.25) is 10.0 Å². The second kappa shape index (κ2) is 11.9. The zero-order valence-corrected chi connectivity index (χ0v) is 19.1. The third kappa shape index (κ3) is 6.44. The van der Waals surface area contributed by atoms with E-state index in [-0.39, 0.29) is 12.4 Å². The van der Waals surface area contributed by atoms with Crippen LogP contribution < -0.4 is 19.5 Å². The first kappa shape index (κ1) is 24.2. The molecule has 7 heteroatoms. The van der Waals surface area contributed by atoms with E-state index in [1.54, 1.807) is 26.4 Å². The van der Waals surface area contributed by atoms with E-state index >= 15 is 0 Å². The summed E-state index contributed by atoms with van der Waals surface area (Å²) in [5.41, 5.74) is 3.07. The minimum absolute atomic E-state index is 0. The topological polar surface area (TPSA) is 39.7 Å². The molecule has 0 aliphatic carbocycles. The van der Waals surface area contributed by atoms with Crippen LogP contribution in [0.15, 0.2) is 60.7 Å². The lowest BCUT2D eigenvalue weighted by molar-refractivity contribution is 0.284. The zero-order chi connectivity index (χ0) is 20.6. The summed E-state index contributed by atoms with van der Waals surface area (Å²) in [6, 6.07) is 19.2. The van der Waals surface area contributed by atoms with Crippen molar-refractivity contribution in [1.29, 1.82) is 0 Å². The Morgan fingerprint density at radius 2 is 1.53 bits per heavy atom. The molecule has 0 aromatic heterocycles. The summed E-state index contributed by atoms with van der Waals surface area (Å²) in [6.07, 6.45) is 0. The Kier molecular flexibility index (Phi) is 9.60. The molecule has 3 aromatic carbocycles. The van der Waals surface area contributed by atoms with Crippen LogP contribution >= 0.6 is 35.6 Å². The van der Waals surface area contributed by atoms with Crippen molar-refractivity contribution in [3.63, 3.8) is 0 Å². The van der Waals surface area contributed by atoms with E-state index < -0.39 is 0 Å². The molecule has 0 heterocycles. The fourth-order valence-corrected chi connectivity index (χ4v) is 3.39. The van der Waals surface area contributed by atoms with Gasteiger partial charge in [0.1, 0.15) is 12.4 Å². The Bertz CT molecular complexity index is 966. The number of methoxy groups -OCH3 is 2. The molecule has 0 atom stereocenters. The van der Waals surface area contributed by atoms with Gasteiger partial charge >= 0.3 is 0 Å². The van der Waals surface area contributed by atoms with Gasteiger partial charge in [-0.3, -0.25) is 0 Å². The Hall–Kier alpha value is -2.11. The monoisotopic (exact) mass is 467 g/mol. The Morgan fingerprint density at radius 3 is 2.27 bits per heavy atom. The number of hydrogen-bond donors (Lipinski definition) is 1. The van der Waals surface area contributed by atoms with E-state index in [0.29, 0.717) is 41.2 Å². The summed E-state index contributed by atoms with van der Waals surface area (Å²) in [6.45, 7) is 1.73. The van der Waals surface area contributed by atoms with Crippen LogP contribution in [0, 0.1) is 0 Å². The van der Waals surface area contributed by atoms with E-state index in [1.807, 2.05) is 48.5 Å². The molecule has 0 aliphatic heterocycles. The second-order valence-electron chi connectivity index (χ2n) is 6.43. The van der Waals surface area contributed by atoms with Crippen LogP contribution in [0.1, 0.15) is 16.7 Å². The number of nitrogens with one attached hydrogen (secondary N) is 1. The van der Waals surface area contributed by atoms with Crippen molar-refractivity contribution in [3.8, 4) is 17.2 Å². The van der Waals surface area contributed by atoms with Gasteiger partial charge in [0.05, 0.1) is 14.2 Å². The summed E-state index contributed by atoms with van der Waals surface area (Å²) in [7, 11) is 3.31. The summed E-state index contributed by atoms with van der Waals surface area (Å²) in [4.78, 5) is 0. The molecule has 0 amide bonds. The first-order chi connectivity index (χ1) is 14.1. The maximum atomic E-state index is 6.21. The van der Waals surface area contributed by atoms with E-state index in [4.69, 9.17) is 37.4 Å². The fraction of sp³-hybridized carbons (Fsp3) is 0.217. The van der Waals surface area contributed by atoms with Crippen molar-refractivity contribution < 1.29 is 14.2 Å². The highest BCUT2D eigenvalue weighted by Crippen LogP contribution is 2.30. The molecular formula is C23H24Cl3NO3. The average Bonchev–Trinajstić information content (AvgIpc) is 2.74. The van der Waals surface area contributed by atoms with Crippen LogP contribution in [0.5, 0.6) is 17.2 Å². The third-order valence-corrected chi connectivity index (χ3v) is 5.05. The van der Waals surface area contributed by atoms with Crippen LogP contribution in [0.4, 0.5) is 0 Å². The molecule has 0 unspecified atom stereocenters. The fourth-order valence-electron chi connectivity index (χ4n) is 2.93. The molecular weight excluding hydrogens is 445 g/mol. The molecule has 0 bridgehead atoms. The van der Waals surface area contributed by atoms with Gasteiger partial charge in [-0.15, -0.1) is 12.4 Å². The normalized spacial score (nSPS) is 10.3. The maximum absolute atomic E-state index is 6.21. The first-order valence-corrected chi connectivity index (χ1v) is 9.92. The van der Waals surface area contributed by atoms with Gasteiger partial charge in [-0.25, -0.2) is 0 Å². The van der Waals surface area contributed by atoms with Crippen molar-refractivity contribution in [1.82, 2.24) is 5.32 Å². The largest absolute Gasteiger partial charge is 0.496 e. The molecule has 3 rings (SSSR count). The number of benzene rings is 3. The predicted octanol–water partition coefficient (Wildman–Crippen LogP) is 6.30. The van der Waals surface area contributed by atoms with Crippen molar-refractivity contribution in [2.24, 2.45) is 0 Å². The van der Waals surface area contributed by atoms with Crippen molar-refractivity contribution >= 4 is 35.6 Å². The highest BCUT2D eigenvalue weighted by molar-refractivity contribution is 6.35. The molecule has 160 valence electrons. The van der Waals surface area contributed by atoms with Gasteiger partial charge in [-0.05, 0) is 35.9 Å². The van der Waals surface area contributed by atoms with Gasteiger partial charge in [0, 0.05) is 34.3 Å². The summed E-state index contributed by atoms with van der Waals surface area (Å²) in [5, 5.41) is 4.60. The minimum Gasteiger partial charge on any atom is -0.496 e. The summed E-state index contributed by atoms with van der Waals surface area (Å²) < 4.78 is 16.8. The number of hydrogen-bond acceptors (Lipinski definition) is 4. The first-order valence-electron chi connectivity index (χ1n) is 9.17. The Morgan fingerprint density at radius 1 is 0.767 bits per heavy atom. The summed E-state index contributed by atoms with van der Waals surface area (Å²) >= 11 is 12.1. The Labute approximate surface area is 193 Å². The van der Waals surface area contributed by atoms with Gasteiger partial charge in [-0.1, -0.05) is 53.5 Å². The lowest BCUT2D eigenvalue weighted by atomic mass is 10.1. The lowest BCUT2D eigenvalue weighted by Gasteiger charge is -2.14. The van der Waals surface area contributed by atoms with Crippen LogP contribution in [-0.2, 0) is 19.7 Å². The maximum Gasteiger partial charge on any atom is 0.161 e. The number of ether oxygens (including phenoxy) is 3. The van der Waals surface area contributed by atoms with Crippen molar-refractivity contribution in [2.75, 3.05) is 14.2 Å². The molecule has 0 saturated carbocycles. The van der Waals surface area contributed by atoms with E-state index in [0.717, 1.165) is 22.4 Å². The molecule has 3 aromatic rings. The highest BCUT2D eigenvalue weighted by Gasteiger charge is 2.09. The molecule has 0 radical (unpaired) electrons.